The van der Waals surface area contributed by atoms with Crippen molar-refractivity contribution < 1.29 is 0 Å². The molecule has 0 saturated heterocycles. The standard InChI is InChI=1S/C8H6N2S2/c1-2-11-8-5(1)7-6(3-9-8)12-4-10-7/h1-2,4,9H,3H2. The first-order valence-corrected chi connectivity index (χ1v) is 5.45. The zero-order valence-corrected chi connectivity index (χ0v) is 7.84. The van der Waals surface area contributed by atoms with Crippen molar-refractivity contribution in [2.75, 3.05) is 5.32 Å². The van der Waals surface area contributed by atoms with Crippen LogP contribution in [-0.4, -0.2) is 4.98 Å². The van der Waals surface area contributed by atoms with Crippen LogP contribution in [0.25, 0.3) is 11.3 Å². The van der Waals surface area contributed by atoms with E-state index in [0.717, 1.165) is 6.54 Å². The zero-order chi connectivity index (χ0) is 7.97. The molecule has 60 valence electrons. The third-order valence-corrected chi connectivity index (χ3v) is 3.68. The van der Waals surface area contributed by atoms with E-state index in [4.69, 9.17) is 0 Å². The number of thiazole rings is 1. The molecular weight excluding hydrogens is 188 g/mol. The quantitative estimate of drug-likeness (QED) is 0.697. The molecule has 3 heterocycles. The van der Waals surface area contributed by atoms with Gasteiger partial charge in [0.1, 0.15) is 0 Å². The van der Waals surface area contributed by atoms with E-state index in [0.29, 0.717) is 0 Å². The highest BCUT2D eigenvalue weighted by Crippen LogP contribution is 2.39. The fourth-order valence-corrected chi connectivity index (χ4v) is 2.91. The fourth-order valence-electron chi connectivity index (χ4n) is 1.41. The smallest absolute Gasteiger partial charge is 0.0981 e. The number of nitrogens with one attached hydrogen (secondary N) is 1. The number of fused-ring (bicyclic) bond motifs is 3. The van der Waals surface area contributed by atoms with Gasteiger partial charge in [-0.1, -0.05) is 0 Å². The lowest BCUT2D eigenvalue weighted by Crippen LogP contribution is -2.03. The van der Waals surface area contributed by atoms with Crippen molar-refractivity contribution in [3.8, 4) is 11.3 Å². The van der Waals surface area contributed by atoms with Crippen molar-refractivity contribution in [3.63, 3.8) is 0 Å². The molecule has 0 spiro atoms. The second-order valence-electron chi connectivity index (χ2n) is 2.64. The van der Waals surface area contributed by atoms with Crippen molar-refractivity contribution in [1.82, 2.24) is 4.98 Å². The molecule has 2 nitrogen and oxygen atoms in total. The maximum absolute atomic E-state index is 4.36. The predicted octanol–water partition coefficient (Wildman–Crippen LogP) is 2.80. The van der Waals surface area contributed by atoms with Crippen LogP contribution in [0.5, 0.6) is 0 Å². The SMILES string of the molecule is c1nc2c(s1)CNc1sccc1-2. The summed E-state index contributed by atoms with van der Waals surface area (Å²) in [6.07, 6.45) is 0. The van der Waals surface area contributed by atoms with Crippen LogP contribution in [0.2, 0.25) is 0 Å². The van der Waals surface area contributed by atoms with Gasteiger partial charge in [-0.25, -0.2) is 4.98 Å². The summed E-state index contributed by atoms with van der Waals surface area (Å²) in [5, 5.41) is 6.73. The van der Waals surface area contributed by atoms with Gasteiger partial charge in [-0.2, -0.15) is 0 Å². The van der Waals surface area contributed by atoms with Gasteiger partial charge in [0.2, 0.25) is 0 Å². The largest absolute Gasteiger partial charge is 0.371 e. The van der Waals surface area contributed by atoms with Gasteiger partial charge in [-0.15, -0.1) is 22.7 Å². The normalized spacial score (nSPS) is 13.3. The Labute approximate surface area is 77.9 Å². The Kier molecular flexibility index (Phi) is 1.27. The van der Waals surface area contributed by atoms with E-state index in [1.807, 2.05) is 5.51 Å². The molecule has 0 aromatic carbocycles. The number of anilines is 1. The molecule has 1 aliphatic rings. The molecule has 1 N–H and O–H groups in total. The molecule has 2 aromatic heterocycles. The molecule has 0 radical (unpaired) electrons. The highest BCUT2D eigenvalue weighted by atomic mass is 32.1. The average molecular weight is 194 g/mol. The Bertz CT molecular complexity index is 376. The fraction of sp³-hybridized carbons (Fsp3) is 0.125. The molecule has 0 saturated carbocycles. The highest BCUT2D eigenvalue weighted by molar-refractivity contribution is 7.15. The summed E-state index contributed by atoms with van der Waals surface area (Å²) < 4.78 is 0. The van der Waals surface area contributed by atoms with Crippen LogP contribution in [0.3, 0.4) is 0 Å². The summed E-state index contributed by atoms with van der Waals surface area (Å²) in [6, 6.07) is 2.13. The molecule has 0 fully saturated rings. The molecule has 1 aliphatic heterocycles. The first-order valence-electron chi connectivity index (χ1n) is 3.69. The van der Waals surface area contributed by atoms with Gasteiger partial charge in [-0.3, -0.25) is 0 Å². The molecule has 0 unspecified atom stereocenters. The molecule has 2 aromatic rings. The monoisotopic (exact) mass is 194 g/mol. The average Bonchev–Trinajstić information content (AvgIpc) is 2.71. The van der Waals surface area contributed by atoms with Crippen LogP contribution in [0.4, 0.5) is 5.00 Å². The van der Waals surface area contributed by atoms with Gasteiger partial charge in [0.25, 0.3) is 0 Å². The summed E-state index contributed by atoms with van der Waals surface area (Å²) in [5.41, 5.74) is 4.36. The first kappa shape index (κ1) is 6.62. The Morgan fingerprint density at radius 2 is 2.42 bits per heavy atom. The highest BCUT2D eigenvalue weighted by Gasteiger charge is 2.18. The Morgan fingerprint density at radius 1 is 1.42 bits per heavy atom. The Morgan fingerprint density at radius 3 is 3.42 bits per heavy atom. The summed E-state index contributed by atoms with van der Waals surface area (Å²) in [7, 11) is 0. The van der Waals surface area contributed by atoms with E-state index in [1.165, 1.54) is 21.1 Å². The van der Waals surface area contributed by atoms with E-state index in [1.54, 1.807) is 22.7 Å². The minimum Gasteiger partial charge on any atom is -0.371 e. The lowest BCUT2D eigenvalue weighted by molar-refractivity contribution is 1.16. The number of nitrogens with zero attached hydrogens (tertiary/aromatic N) is 1. The van der Waals surface area contributed by atoms with Crippen molar-refractivity contribution >= 4 is 27.7 Å². The van der Waals surface area contributed by atoms with Gasteiger partial charge in [0, 0.05) is 5.56 Å². The number of thiophene rings is 1. The van der Waals surface area contributed by atoms with Crippen molar-refractivity contribution in [3.05, 3.63) is 21.8 Å². The first-order chi connectivity index (χ1) is 5.95. The molecule has 0 bridgehead atoms. The van der Waals surface area contributed by atoms with E-state index >= 15 is 0 Å². The lowest BCUT2D eigenvalue weighted by atomic mass is 10.1. The van der Waals surface area contributed by atoms with Crippen LogP contribution in [0.15, 0.2) is 17.0 Å². The van der Waals surface area contributed by atoms with Crippen LogP contribution in [0, 0.1) is 0 Å². The maximum Gasteiger partial charge on any atom is 0.0981 e. The second-order valence-corrected chi connectivity index (χ2v) is 4.50. The van der Waals surface area contributed by atoms with Gasteiger partial charge < -0.3 is 5.32 Å². The van der Waals surface area contributed by atoms with E-state index in [2.05, 4.69) is 21.7 Å². The number of hydrogen-bond acceptors (Lipinski definition) is 4. The Hall–Kier alpha value is -0.870. The molecule has 4 heteroatoms. The van der Waals surface area contributed by atoms with Crippen molar-refractivity contribution in [2.45, 2.75) is 6.54 Å². The summed E-state index contributed by atoms with van der Waals surface area (Å²) >= 11 is 3.47. The summed E-state index contributed by atoms with van der Waals surface area (Å²) in [6.45, 7) is 0.938. The molecule has 0 aliphatic carbocycles. The molecule has 12 heavy (non-hydrogen) atoms. The topological polar surface area (TPSA) is 24.9 Å². The minimum absolute atomic E-state index is 0.938. The minimum atomic E-state index is 0.938. The van der Waals surface area contributed by atoms with Gasteiger partial charge in [0.15, 0.2) is 0 Å². The van der Waals surface area contributed by atoms with Crippen LogP contribution in [-0.2, 0) is 6.54 Å². The van der Waals surface area contributed by atoms with Gasteiger partial charge in [-0.05, 0) is 11.4 Å². The summed E-state index contributed by atoms with van der Waals surface area (Å²) in [4.78, 5) is 5.70. The van der Waals surface area contributed by atoms with Gasteiger partial charge in [0.05, 0.1) is 27.6 Å². The second kappa shape index (κ2) is 2.31. The van der Waals surface area contributed by atoms with Crippen molar-refractivity contribution in [2.24, 2.45) is 0 Å². The zero-order valence-electron chi connectivity index (χ0n) is 6.20. The molecule has 0 atom stereocenters. The number of hydrogen-bond donors (Lipinski definition) is 1. The Balaban J connectivity index is 2.32. The molecular formula is C8H6N2S2. The van der Waals surface area contributed by atoms with Crippen molar-refractivity contribution in [1.29, 1.82) is 0 Å². The van der Waals surface area contributed by atoms with E-state index in [-0.39, 0.29) is 0 Å². The van der Waals surface area contributed by atoms with Crippen LogP contribution in [0.1, 0.15) is 4.88 Å². The number of aromatic nitrogens is 1. The molecule has 0 amide bonds. The maximum atomic E-state index is 4.36. The van der Waals surface area contributed by atoms with Crippen LogP contribution >= 0.6 is 22.7 Å². The molecule has 3 rings (SSSR count). The third-order valence-electron chi connectivity index (χ3n) is 1.97. The number of rotatable bonds is 0. The van der Waals surface area contributed by atoms with Gasteiger partial charge >= 0.3 is 0 Å². The van der Waals surface area contributed by atoms with E-state index in [9.17, 15) is 0 Å². The lowest BCUT2D eigenvalue weighted by Gasteiger charge is -2.12. The third kappa shape index (κ3) is 0.763. The predicted molar refractivity (Wildman–Crippen MR) is 52.8 cm³/mol. The van der Waals surface area contributed by atoms with E-state index < -0.39 is 0 Å². The summed E-state index contributed by atoms with van der Waals surface area (Å²) in [5.74, 6) is 0. The van der Waals surface area contributed by atoms with Crippen LogP contribution < -0.4 is 5.32 Å².